The molecule has 3 nitrogen and oxygen atoms in total. The zero-order valence-electron chi connectivity index (χ0n) is 7.08. The summed E-state index contributed by atoms with van der Waals surface area (Å²) >= 11 is 8.87. The Balaban J connectivity index is 0.00000169. The number of halogens is 3. The Morgan fingerprint density at radius 1 is 1.50 bits per heavy atom. The van der Waals surface area contributed by atoms with Gasteiger partial charge in [-0.1, -0.05) is 11.6 Å². The monoisotopic (exact) mass is 301 g/mol. The van der Waals surface area contributed by atoms with E-state index in [9.17, 15) is 5.11 Å². The molecule has 1 aromatic carbocycles. The Bertz CT molecular complexity index is 322. The molecule has 0 aromatic heterocycles. The van der Waals surface area contributed by atoms with Crippen molar-refractivity contribution in [2.24, 2.45) is 5.73 Å². The van der Waals surface area contributed by atoms with Crippen LogP contribution in [0.5, 0.6) is 5.75 Å². The third-order valence-electron chi connectivity index (χ3n) is 1.65. The van der Waals surface area contributed by atoms with E-state index in [0.717, 1.165) is 0 Å². The molecular weight excluding hydrogens is 293 g/mol. The van der Waals surface area contributed by atoms with E-state index in [1.54, 1.807) is 6.07 Å². The molecule has 0 fully saturated rings. The van der Waals surface area contributed by atoms with Gasteiger partial charge in [0.25, 0.3) is 0 Å². The van der Waals surface area contributed by atoms with Gasteiger partial charge in [0.2, 0.25) is 0 Å². The predicted molar refractivity (Wildman–Crippen MR) is 62.1 cm³/mol. The van der Waals surface area contributed by atoms with E-state index in [1.807, 2.05) is 0 Å². The first-order valence-corrected chi connectivity index (χ1v) is 4.77. The molecule has 0 aliphatic rings. The molecule has 0 bridgehead atoms. The summed E-state index contributed by atoms with van der Waals surface area (Å²) in [6, 6.07) is 2.47. The minimum atomic E-state index is -0.616. The smallest absolute Gasteiger partial charge is 0.134 e. The third-order valence-corrected chi connectivity index (χ3v) is 2.48. The van der Waals surface area contributed by atoms with Crippen molar-refractivity contribution in [1.82, 2.24) is 0 Å². The van der Waals surface area contributed by atoms with Crippen molar-refractivity contribution in [3.63, 3.8) is 0 Å². The molecule has 6 heteroatoms. The number of aliphatic hydroxyl groups excluding tert-OH is 1. The van der Waals surface area contributed by atoms with Gasteiger partial charge in [0.1, 0.15) is 5.75 Å². The second-order valence-corrected chi connectivity index (χ2v) is 3.91. The summed E-state index contributed by atoms with van der Waals surface area (Å²) in [6.07, 6.45) is 0. The Morgan fingerprint density at radius 3 is 2.57 bits per heavy atom. The molecule has 0 unspecified atom stereocenters. The fourth-order valence-corrected chi connectivity index (χ4v) is 1.80. The van der Waals surface area contributed by atoms with Crippen LogP contribution in [-0.4, -0.2) is 16.8 Å². The van der Waals surface area contributed by atoms with Crippen molar-refractivity contribution in [3.05, 3.63) is 27.2 Å². The van der Waals surface area contributed by atoms with Crippen molar-refractivity contribution >= 4 is 39.9 Å². The van der Waals surface area contributed by atoms with Crippen LogP contribution < -0.4 is 5.73 Å². The lowest BCUT2D eigenvalue weighted by Crippen LogP contribution is -2.14. The van der Waals surface area contributed by atoms with Gasteiger partial charge in [-0.05, 0) is 28.1 Å². The Labute approximate surface area is 101 Å². The summed E-state index contributed by atoms with van der Waals surface area (Å²) in [4.78, 5) is 0. The number of nitrogens with two attached hydrogens (primary N) is 1. The van der Waals surface area contributed by atoms with Crippen molar-refractivity contribution in [3.8, 4) is 5.75 Å². The number of benzene rings is 1. The number of hydrogen-bond acceptors (Lipinski definition) is 3. The van der Waals surface area contributed by atoms with Crippen molar-refractivity contribution in [2.75, 3.05) is 6.61 Å². The van der Waals surface area contributed by atoms with E-state index in [1.165, 1.54) is 6.07 Å². The van der Waals surface area contributed by atoms with Crippen LogP contribution in [0.1, 0.15) is 11.6 Å². The Kier molecular flexibility index (Phi) is 5.78. The molecule has 0 saturated carbocycles. The normalized spacial score (nSPS) is 12.0. The van der Waals surface area contributed by atoms with Gasteiger partial charge >= 0.3 is 0 Å². The fourth-order valence-electron chi connectivity index (χ4n) is 0.967. The summed E-state index contributed by atoms with van der Waals surface area (Å²) in [5, 5.41) is 18.8. The average molecular weight is 303 g/mol. The van der Waals surface area contributed by atoms with E-state index in [4.69, 9.17) is 22.4 Å². The molecule has 1 rings (SSSR count). The maximum atomic E-state index is 9.53. The number of aliphatic hydroxyl groups is 1. The van der Waals surface area contributed by atoms with Gasteiger partial charge in [-0.3, -0.25) is 0 Å². The van der Waals surface area contributed by atoms with E-state index in [2.05, 4.69) is 15.9 Å². The average Bonchev–Trinajstić information content (AvgIpc) is 2.10. The molecule has 4 N–H and O–H groups in total. The first kappa shape index (κ1) is 14.0. The summed E-state index contributed by atoms with van der Waals surface area (Å²) < 4.78 is 0.471. The molecule has 1 atom stereocenters. The van der Waals surface area contributed by atoms with Gasteiger partial charge in [-0.25, -0.2) is 0 Å². The molecule has 0 spiro atoms. The summed E-state index contributed by atoms with van der Waals surface area (Å²) in [5.41, 5.74) is 5.98. The molecule has 1 aromatic rings. The number of phenols is 1. The summed E-state index contributed by atoms with van der Waals surface area (Å²) in [7, 11) is 0. The number of phenolic OH excluding ortho intramolecular Hbond substituents is 1. The maximum Gasteiger partial charge on any atom is 0.134 e. The number of rotatable bonds is 2. The molecular formula is C8H10BrCl2NO2. The quantitative estimate of drug-likeness (QED) is 0.785. The summed E-state index contributed by atoms with van der Waals surface area (Å²) in [5.74, 6) is 0.0194. The van der Waals surface area contributed by atoms with Crippen LogP contribution in [0.2, 0.25) is 5.02 Å². The molecule has 0 aliphatic heterocycles. The second-order valence-electron chi connectivity index (χ2n) is 2.61. The fraction of sp³-hybridized carbons (Fsp3) is 0.250. The SMILES string of the molecule is Cl.N[C@@H](CO)c1cc(Cl)cc(Br)c1O. The van der Waals surface area contributed by atoms with Crippen LogP contribution >= 0.6 is 39.9 Å². The van der Waals surface area contributed by atoms with Crippen LogP contribution in [0, 0.1) is 0 Å². The lowest BCUT2D eigenvalue weighted by molar-refractivity contribution is 0.265. The molecule has 0 aliphatic carbocycles. The van der Waals surface area contributed by atoms with Gasteiger partial charge in [0, 0.05) is 10.6 Å². The van der Waals surface area contributed by atoms with Crippen LogP contribution in [0.4, 0.5) is 0 Å². The minimum absolute atomic E-state index is 0. The first-order valence-electron chi connectivity index (χ1n) is 3.60. The number of hydrogen-bond donors (Lipinski definition) is 3. The van der Waals surface area contributed by atoms with E-state index < -0.39 is 6.04 Å². The summed E-state index contributed by atoms with van der Waals surface area (Å²) in [6.45, 7) is -0.236. The van der Waals surface area contributed by atoms with Gasteiger partial charge < -0.3 is 15.9 Å². The van der Waals surface area contributed by atoms with Crippen LogP contribution in [0.15, 0.2) is 16.6 Å². The largest absolute Gasteiger partial charge is 0.506 e. The highest BCUT2D eigenvalue weighted by atomic mass is 79.9. The van der Waals surface area contributed by atoms with E-state index in [-0.39, 0.29) is 24.8 Å². The second kappa shape index (κ2) is 5.78. The lowest BCUT2D eigenvalue weighted by atomic mass is 10.1. The Morgan fingerprint density at radius 2 is 2.07 bits per heavy atom. The third kappa shape index (κ3) is 3.00. The van der Waals surface area contributed by atoms with Gasteiger partial charge in [0.15, 0.2) is 0 Å². The maximum absolute atomic E-state index is 9.53. The molecule has 0 amide bonds. The van der Waals surface area contributed by atoms with Gasteiger partial charge in [-0.15, -0.1) is 12.4 Å². The standard InChI is InChI=1S/C8H9BrClNO2.ClH/c9-6-2-4(10)1-5(8(6)13)7(11)3-12;/h1-2,7,12-13H,3,11H2;1H/t7-;/m0./s1. The molecule has 0 heterocycles. The zero-order chi connectivity index (χ0) is 10.0. The van der Waals surface area contributed by atoms with Crippen LogP contribution in [0.25, 0.3) is 0 Å². The Hall–Kier alpha value is -0.000000000000000111. The molecule has 80 valence electrons. The topological polar surface area (TPSA) is 66.5 Å². The molecule has 14 heavy (non-hydrogen) atoms. The highest BCUT2D eigenvalue weighted by molar-refractivity contribution is 9.10. The van der Waals surface area contributed by atoms with E-state index >= 15 is 0 Å². The van der Waals surface area contributed by atoms with Crippen molar-refractivity contribution in [1.29, 1.82) is 0 Å². The zero-order valence-corrected chi connectivity index (χ0v) is 10.2. The number of aromatic hydroxyl groups is 1. The van der Waals surface area contributed by atoms with Crippen molar-refractivity contribution < 1.29 is 10.2 Å². The molecule has 0 radical (unpaired) electrons. The molecule has 0 saturated heterocycles. The highest BCUT2D eigenvalue weighted by Gasteiger charge is 2.13. The lowest BCUT2D eigenvalue weighted by Gasteiger charge is -2.12. The minimum Gasteiger partial charge on any atom is -0.506 e. The van der Waals surface area contributed by atoms with Crippen LogP contribution in [0.3, 0.4) is 0 Å². The van der Waals surface area contributed by atoms with E-state index in [0.29, 0.717) is 15.1 Å². The van der Waals surface area contributed by atoms with Crippen molar-refractivity contribution in [2.45, 2.75) is 6.04 Å². The van der Waals surface area contributed by atoms with Gasteiger partial charge in [0.05, 0.1) is 17.1 Å². The van der Waals surface area contributed by atoms with Gasteiger partial charge in [-0.2, -0.15) is 0 Å². The van der Waals surface area contributed by atoms with Crippen LogP contribution in [-0.2, 0) is 0 Å². The highest BCUT2D eigenvalue weighted by Crippen LogP contribution is 2.34. The first-order chi connectivity index (χ1) is 6.06. The predicted octanol–water partition coefficient (Wildman–Crippen LogP) is 2.22.